The molecule has 0 saturated carbocycles. The maximum atomic E-state index is 9.89. The lowest BCUT2D eigenvalue weighted by atomic mass is 9.87. The Kier molecular flexibility index (Phi) is 5.02. The van der Waals surface area contributed by atoms with E-state index in [0.29, 0.717) is 18.4 Å². The fraction of sp³-hybridized carbons (Fsp3) is 0.909. The number of likely N-dealkylation sites (tertiary alicyclic amines) is 1. The minimum atomic E-state index is -0.203. The highest BCUT2D eigenvalue weighted by atomic mass is 16.4. The molecule has 0 amide bonds. The van der Waals surface area contributed by atoms with Gasteiger partial charge in [0, 0.05) is 13.1 Å². The van der Waals surface area contributed by atoms with Gasteiger partial charge in [-0.2, -0.15) is 0 Å². The van der Waals surface area contributed by atoms with Gasteiger partial charge in [-0.25, -0.2) is 0 Å². The first-order chi connectivity index (χ1) is 7.52. The number of aliphatic hydroxyl groups is 1. The van der Waals surface area contributed by atoms with Gasteiger partial charge in [0.2, 0.25) is 0 Å². The van der Waals surface area contributed by atoms with Crippen LogP contribution in [0.4, 0.5) is 0 Å². The summed E-state index contributed by atoms with van der Waals surface area (Å²) >= 11 is 0. The molecular weight excluding hydrogens is 206 g/mol. The van der Waals surface area contributed by atoms with Crippen LogP contribution in [0.5, 0.6) is 0 Å². The average Bonchev–Trinajstić information content (AvgIpc) is 2.22. The fourth-order valence-electron chi connectivity index (χ4n) is 2.34. The Morgan fingerprint density at radius 1 is 1.56 bits per heavy atom. The van der Waals surface area contributed by atoms with Gasteiger partial charge in [0.15, 0.2) is 5.84 Å². The third kappa shape index (κ3) is 3.98. The van der Waals surface area contributed by atoms with Gasteiger partial charge in [-0.3, -0.25) is 4.90 Å². The van der Waals surface area contributed by atoms with Gasteiger partial charge in [-0.15, -0.1) is 0 Å². The minimum absolute atomic E-state index is 0.203. The number of hydrogen-bond donors (Lipinski definition) is 3. The summed E-state index contributed by atoms with van der Waals surface area (Å²) in [6.07, 6.45) is 1.59. The number of hydrogen-bond acceptors (Lipinski definition) is 4. The molecule has 0 aromatic rings. The van der Waals surface area contributed by atoms with Crippen molar-refractivity contribution in [2.75, 3.05) is 19.6 Å². The molecule has 0 aliphatic carbocycles. The van der Waals surface area contributed by atoms with Crippen molar-refractivity contribution >= 4 is 5.84 Å². The first-order valence-corrected chi connectivity index (χ1v) is 5.89. The van der Waals surface area contributed by atoms with E-state index in [9.17, 15) is 5.11 Å². The first-order valence-electron chi connectivity index (χ1n) is 5.89. The van der Waals surface area contributed by atoms with Crippen LogP contribution in [0.2, 0.25) is 0 Å². The van der Waals surface area contributed by atoms with E-state index in [2.05, 4.69) is 23.9 Å². The lowest BCUT2D eigenvalue weighted by Crippen LogP contribution is -2.46. The molecule has 94 valence electrons. The highest BCUT2D eigenvalue weighted by Gasteiger charge is 2.28. The molecule has 1 aliphatic heterocycles. The SMILES string of the molecule is CC(C)C[C@H]1CN(CC(N)=NO)CC[C@@H]1O. The van der Waals surface area contributed by atoms with Crippen LogP contribution < -0.4 is 5.73 Å². The fourth-order valence-corrected chi connectivity index (χ4v) is 2.34. The van der Waals surface area contributed by atoms with Crippen LogP contribution in [0.15, 0.2) is 5.16 Å². The number of rotatable bonds is 4. The second-order valence-corrected chi connectivity index (χ2v) is 5.07. The van der Waals surface area contributed by atoms with Gasteiger partial charge in [0.1, 0.15) is 0 Å². The summed E-state index contributed by atoms with van der Waals surface area (Å²) < 4.78 is 0. The van der Waals surface area contributed by atoms with Crippen molar-refractivity contribution in [3.63, 3.8) is 0 Å². The van der Waals surface area contributed by atoms with Crippen molar-refractivity contribution in [1.82, 2.24) is 4.90 Å². The van der Waals surface area contributed by atoms with Crippen molar-refractivity contribution in [1.29, 1.82) is 0 Å². The van der Waals surface area contributed by atoms with Gasteiger partial charge in [-0.05, 0) is 24.7 Å². The highest BCUT2D eigenvalue weighted by molar-refractivity contribution is 5.81. The van der Waals surface area contributed by atoms with E-state index in [1.54, 1.807) is 0 Å². The molecular formula is C11H23N3O2. The second kappa shape index (κ2) is 6.06. The Morgan fingerprint density at radius 3 is 2.81 bits per heavy atom. The monoisotopic (exact) mass is 229 g/mol. The largest absolute Gasteiger partial charge is 0.409 e. The van der Waals surface area contributed by atoms with Crippen LogP contribution in [0, 0.1) is 11.8 Å². The van der Waals surface area contributed by atoms with Gasteiger partial charge in [0.05, 0.1) is 12.6 Å². The van der Waals surface area contributed by atoms with Crippen molar-refractivity contribution in [3.8, 4) is 0 Å². The Morgan fingerprint density at radius 2 is 2.25 bits per heavy atom. The second-order valence-electron chi connectivity index (χ2n) is 5.07. The van der Waals surface area contributed by atoms with Crippen LogP contribution in [-0.2, 0) is 0 Å². The topological polar surface area (TPSA) is 82.1 Å². The van der Waals surface area contributed by atoms with Crippen molar-refractivity contribution in [3.05, 3.63) is 0 Å². The molecule has 5 heteroatoms. The average molecular weight is 229 g/mol. The molecule has 1 heterocycles. The molecule has 0 unspecified atom stereocenters. The van der Waals surface area contributed by atoms with E-state index in [0.717, 1.165) is 25.9 Å². The van der Waals surface area contributed by atoms with Crippen LogP contribution in [0.1, 0.15) is 26.7 Å². The van der Waals surface area contributed by atoms with Gasteiger partial charge in [-0.1, -0.05) is 19.0 Å². The van der Waals surface area contributed by atoms with E-state index < -0.39 is 0 Å². The maximum Gasteiger partial charge on any atom is 0.153 e. The van der Waals surface area contributed by atoms with Gasteiger partial charge < -0.3 is 16.0 Å². The van der Waals surface area contributed by atoms with E-state index in [-0.39, 0.29) is 11.9 Å². The van der Waals surface area contributed by atoms with E-state index in [1.807, 2.05) is 0 Å². The molecule has 1 aliphatic rings. The Hall–Kier alpha value is -0.810. The summed E-state index contributed by atoms with van der Waals surface area (Å²) in [6.45, 7) is 6.45. The third-order valence-corrected chi connectivity index (χ3v) is 3.07. The van der Waals surface area contributed by atoms with E-state index in [1.165, 1.54) is 0 Å². The Labute approximate surface area is 96.9 Å². The zero-order valence-electron chi connectivity index (χ0n) is 10.1. The molecule has 0 radical (unpaired) electrons. The molecule has 16 heavy (non-hydrogen) atoms. The molecule has 0 aromatic carbocycles. The van der Waals surface area contributed by atoms with Crippen LogP contribution >= 0.6 is 0 Å². The zero-order valence-corrected chi connectivity index (χ0v) is 10.1. The first kappa shape index (κ1) is 13.3. The van der Waals surface area contributed by atoms with Crippen molar-refractivity contribution in [2.45, 2.75) is 32.8 Å². The van der Waals surface area contributed by atoms with Crippen molar-refractivity contribution < 1.29 is 10.3 Å². The summed E-state index contributed by atoms with van der Waals surface area (Å²) in [4.78, 5) is 2.13. The molecule has 4 N–H and O–H groups in total. The van der Waals surface area contributed by atoms with Gasteiger partial charge >= 0.3 is 0 Å². The predicted molar refractivity (Wildman–Crippen MR) is 63.4 cm³/mol. The number of oxime groups is 1. The molecule has 5 nitrogen and oxygen atoms in total. The van der Waals surface area contributed by atoms with E-state index >= 15 is 0 Å². The number of aliphatic hydroxyl groups excluding tert-OH is 1. The Balaban J connectivity index is 2.46. The van der Waals surface area contributed by atoms with Crippen LogP contribution in [0.3, 0.4) is 0 Å². The normalized spacial score (nSPS) is 28.6. The molecule has 1 saturated heterocycles. The predicted octanol–water partition coefficient (Wildman–Crippen LogP) is 0.462. The summed E-state index contributed by atoms with van der Waals surface area (Å²) in [6, 6.07) is 0. The number of amidine groups is 1. The Bertz CT molecular complexity index is 243. The molecule has 1 rings (SSSR count). The maximum absolute atomic E-state index is 9.89. The lowest BCUT2D eigenvalue weighted by Gasteiger charge is -2.36. The van der Waals surface area contributed by atoms with E-state index in [4.69, 9.17) is 10.9 Å². The smallest absolute Gasteiger partial charge is 0.153 e. The molecule has 1 fully saturated rings. The summed E-state index contributed by atoms with van der Waals surface area (Å²) in [7, 11) is 0. The standard InChI is InChI=1S/C11H23N3O2/c1-8(2)5-9-6-14(4-3-10(9)15)7-11(12)13-16/h8-10,15-16H,3-7H2,1-2H3,(H2,12,13)/t9-,10-/m0/s1. The lowest BCUT2D eigenvalue weighted by molar-refractivity contribution is 0.0228. The summed E-state index contributed by atoms with van der Waals surface area (Å²) in [5.41, 5.74) is 5.48. The van der Waals surface area contributed by atoms with Crippen LogP contribution in [0.25, 0.3) is 0 Å². The molecule has 0 spiro atoms. The number of nitrogens with two attached hydrogens (primary N) is 1. The molecule has 0 bridgehead atoms. The molecule has 0 aromatic heterocycles. The number of nitrogens with zero attached hydrogens (tertiary/aromatic N) is 2. The molecule has 2 atom stereocenters. The summed E-state index contributed by atoms with van der Waals surface area (Å²) in [5.74, 6) is 1.13. The zero-order chi connectivity index (χ0) is 12.1. The summed E-state index contributed by atoms with van der Waals surface area (Å²) in [5, 5.41) is 21.4. The van der Waals surface area contributed by atoms with Crippen molar-refractivity contribution in [2.24, 2.45) is 22.7 Å². The third-order valence-electron chi connectivity index (χ3n) is 3.07. The van der Waals surface area contributed by atoms with Gasteiger partial charge in [0.25, 0.3) is 0 Å². The quantitative estimate of drug-likeness (QED) is 0.283. The minimum Gasteiger partial charge on any atom is -0.409 e. The highest BCUT2D eigenvalue weighted by Crippen LogP contribution is 2.23. The van der Waals surface area contributed by atoms with Crippen LogP contribution in [-0.4, -0.2) is 46.8 Å². The number of piperidine rings is 1.